The molecule has 2 saturated heterocycles. The third-order valence-electron chi connectivity index (χ3n) is 5.56. The van der Waals surface area contributed by atoms with Crippen molar-refractivity contribution < 1.29 is 4.79 Å². The van der Waals surface area contributed by atoms with E-state index in [-0.39, 0.29) is 24.4 Å². The number of nitrogens with zero attached hydrogens (tertiary/aromatic N) is 2. The van der Waals surface area contributed by atoms with Crippen molar-refractivity contribution in [2.75, 3.05) is 0 Å². The fraction of sp³-hybridized carbons (Fsp3) is 0.500. The molecule has 2 fully saturated rings. The topological polar surface area (TPSA) is 59.0 Å². The SMILES string of the molecule is CC(NC(=O)CC1CC2CCC(C1)N2)c1cccc(-n2cccn2)c1.Cl. The van der Waals surface area contributed by atoms with Crippen LogP contribution in [0.1, 0.15) is 50.6 Å². The molecule has 2 aliphatic heterocycles. The van der Waals surface area contributed by atoms with Crippen LogP contribution in [-0.2, 0) is 4.79 Å². The van der Waals surface area contributed by atoms with E-state index < -0.39 is 0 Å². The van der Waals surface area contributed by atoms with Crippen LogP contribution in [0.5, 0.6) is 0 Å². The lowest BCUT2D eigenvalue weighted by atomic mass is 9.89. The average Bonchev–Trinajstić information content (AvgIpc) is 3.25. The zero-order valence-corrected chi connectivity index (χ0v) is 15.9. The first kappa shape index (κ1) is 18.9. The monoisotopic (exact) mass is 374 g/mol. The van der Waals surface area contributed by atoms with E-state index in [1.54, 1.807) is 6.20 Å². The van der Waals surface area contributed by atoms with Gasteiger partial charge in [0.25, 0.3) is 0 Å². The molecule has 140 valence electrons. The summed E-state index contributed by atoms with van der Waals surface area (Å²) in [5, 5.41) is 11.1. The second kappa shape index (κ2) is 8.23. The van der Waals surface area contributed by atoms with Gasteiger partial charge in [0.1, 0.15) is 0 Å². The van der Waals surface area contributed by atoms with Crippen LogP contribution in [-0.4, -0.2) is 27.8 Å². The normalized spacial score (nSPS) is 25.3. The van der Waals surface area contributed by atoms with Gasteiger partial charge in [-0.2, -0.15) is 5.10 Å². The second-order valence-corrected chi connectivity index (χ2v) is 7.51. The van der Waals surface area contributed by atoms with Crippen molar-refractivity contribution in [1.82, 2.24) is 20.4 Å². The number of benzene rings is 1. The quantitative estimate of drug-likeness (QED) is 0.843. The summed E-state index contributed by atoms with van der Waals surface area (Å²) in [6.07, 6.45) is 9.19. The molecule has 0 radical (unpaired) electrons. The van der Waals surface area contributed by atoms with Gasteiger partial charge >= 0.3 is 0 Å². The van der Waals surface area contributed by atoms with E-state index in [0.29, 0.717) is 24.4 Å². The molecule has 2 bridgehead atoms. The molecule has 3 unspecified atom stereocenters. The van der Waals surface area contributed by atoms with Crippen molar-refractivity contribution in [3.63, 3.8) is 0 Å². The lowest BCUT2D eigenvalue weighted by Crippen LogP contribution is -2.40. The molecule has 26 heavy (non-hydrogen) atoms. The first-order valence-electron chi connectivity index (χ1n) is 9.33. The largest absolute Gasteiger partial charge is 0.350 e. The maximum Gasteiger partial charge on any atom is 0.220 e. The number of rotatable bonds is 5. The molecule has 1 aromatic heterocycles. The Balaban J connectivity index is 0.00000196. The molecule has 4 rings (SSSR count). The highest BCUT2D eigenvalue weighted by Gasteiger charge is 2.34. The first-order chi connectivity index (χ1) is 12.2. The van der Waals surface area contributed by atoms with Crippen molar-refractivity contribution >= 4 is 18.3 Å². The number of halogens is 1. The van der Waals surface area contributed by atoms with Gasteiger partial charge < -0.3 is 10.6 Å². The van der Waals surface area contributed by atoms with Crippen molar-refractivity contribution in [3.05, 3.63) is 48.3 Å². The van der Waals surface area contributed by atoms with Crippen molar-refractivity contribution in [3.8, 4) is 5.69 Å². The van der Waals surface area contributed by atoms with Crippen LogP contribution in [0.2, 0.25) is 0 Å². The summed E-state index contributed by atoms with van der Waals surface area (Å²) in [6, 6.07) is 11.4. The Morgan fingerprint density at radius 3 is 2.77 bits per heavy atom. The van der Waals surface area contributed by atoms with E-state index in [9.17, 15) is 4.79 Å². The number of hydrogen-bond acceptors (Lipinski definition) is 3. The van der Waals surface area contributed by atoms with Crippen molar-refractivity contribution in [2.24, 2.45) is 5.92 Å². The van der Waals surface area contributed by atoms with E-state index in [2.05, 4.69) is 27.9 Å². The molecule has 2 aromatic rings. The van der Waals surface area contributed by atoms with Gasteiger partial charge in [0.2, 0.25) is 5.91 Å². The molecule has 3 heterocycles. The number of carbonyl (C=O) groups is 1. The van der Waals surface area contributed by atoms with Gasteiger partial charge in [-0.05, 0) is 62.3 Å². The number of nitrogens with one attached hydrogen (secondary N) is 2. The first-order valence-corrected chi connectivity index (χ1v) is 9.33. The van der Waals surface area contributed by atoms with Crippen LogP contribution in [0, 0.1) is 5.92 Å². The molecule has 1 aromatic carbocycles. The van der Waals surface area contributed by atoms with E-state index in [1.807, 2.05) is 36.0 Å². The van der Waals surface area contributed by atoms with Gasteiger partial charge in [-0.25, -0.2) is 4.68 Å². The summed E-state index contributed by atoms with van der Waals surface area (Å²) in [4.78, 5) is 12.5. The minimum Gasteiger partial charge on any atom is -0.350 e. The summed E-state index contributed by atoms with van der Waals surface area (Å²) in [5.74, 6) is 0.699. The predicted molar refractivity (Wildman–Crippen MR) is 105 cm³/mol. The van der Waals surface area contributed by atoms with Crippen molar-refractivity contribution in [2.45, 2.75) is 57.2 Å². The highest BCUT2D eigenvalue weighted by molar-refractivity contribution is 5.85. The van der Waals surface area contributed by atoms with E-state index in [4.69, 9.17) is 0 Å². The zero-order valence-electron chi connectivity index (χ0n) is 15.1. The summed E-state index contributed by atoms with van der Waals surface area (Å²) in [5.41, 5.74) is 2.12. The lowest BCUT2D eigenvalue weighted by Gasteiger charge is -2.29. The Hall–Kier alpha value is -1.85. The zero-order chi connectivity index (χ0) is 17.2. The Bertz CT molecular complexity index is 721. The third-order valence-corrected chi connectivity index (χ3v) is 5.56. The molecule has 3 atom stereocenters. The van der Waals surface area contributed by atoms with Crippen molar-refractivity contribution in [1.29, 1.82) is 0 Å². The number of fused-ring (bicyclic) bond motifs is 2. The number of hydrogen-bond donors (Lipinski definition) is 2. The summed E-state index contributed by atoms with van der Waals surface area (Å²) in [6.45, 7) is 2.05. The van der Waals surface area contributed by atoms with Gasteiger partial charge in [-0.3, -0.25) is 4.79 Å². The van der Waals surface area contributed by atoms with Crippen LogP contribution >= 0.6 is 12.4 Å². The molecule has 0 aliphatic carbocycles. The fourth-order valence-electron chi connectivity index (χ4n) is 4.35. The van der Waals surface area contributed by atoms with Crippen LogP contribution in [0.4, 0.5) is 0 Å². The Morgan fingerprint density at radius 1 is 1.31 bits per heavy atom. The van der Waals surface area contributed by atoms with Gasteiger partial charge in [0.05, 0.1) is 11.7 Å². The molecule has 1 amide bonds. The minimum atomic E-state index is 0. The number of carbonyl (C=O) groups excluding carboxylic acids is 1. The highest BCUT2D eigenvalue weighted by atomic mass is 35.5. The Labute approximate surface area is 161 Å². The molecule has 0 saturated carbocycles. The van der Waals surface area contributed by atoms with Crippen LogP contribution in [0.25, 0.3) is 5.69 Å². The molecular formula is C20H27ClN4O. The summed E-state index contributed by atoms with van der Waals surface area (Å²) >= 11 is 0. The Kier molecular flexibility index (Phi) is 5.99. The number of piperidine rings is 1. The molecule has 2 N–H and O–H groups in total. The van der Waals surface area contributed by atoms with E-state index in [0.717, 1.165) is 24.1 Å². The maximum absolute atomic E-state index is 12.5. The maximum atomic E-state index is 12.5. The smallest absolute Gasteiger partial charge is 0.220 e. The minimum absolute atomic E-state index is 0. The standard InChI is InChI=1S/C20H26N4O.ClH/c1-14(16-4-2-5-19(13-16)24-9-3-8-21-24)22-20(25)12-15-10-17-6-7-18(11-15)23-17;/h2-5,8-9,13-15,17-18,23H,6-7,10-12H2,1H3,(H,22,25);1H. The second-order valence-electron chi connectivity index (χ2n) is 7.51. The van der Waals surface area contributed by atoms with Crippen LogP contribution in [0.15, 0.2) is 42.7 Å². The highest BCUT2D eigenvalue weighted by Crippen LogP contribution is 2.32. The molecule has 2 aliphatic rings. The number of aromatic nitrogens is 2. The fourth-order valence-corrected chi connectivity index (χ4v) is 4.35. The van der Waals surface area contributed by atoms with Gasteiger partial charge in [-0.1, -0.05) is 12.1 Å². The molecule has 0 spiro atoms. The third kappa shape index (κ3) is 4.27. The van der Waals surface area contributed by atoms with Gasteiger partial charge in [-0.15, -0.1) is 12.4 Å². The molecular weight excluding hydrogens is 348 g/mol. The number of amides is 1. The van der Waals surface area contributed by atoms with Gasteiger partial charge in [0, 0.05) is 30.9 Å². The molecule has 5 nitrogen and oxygen atoms in total. The lowest BCUT2D eigenvalue weighted by molar-refractivity contribution is -0.122. The Morgan fingerprint density at radius 2 is 2.08 bits per heavy atom. The van der Waals surface area contributed by atoms with E-state index >= 15 is 0 Å². The summed E-state index contributed by atoms with van der Waals surface area (Å²) in [7, 11) is 0. The molecule has 6 heteroatoms. The van der Waals surface area contributed by atoms with Crippen LogP contribution in [0.3, 0.4) is 0 Å². The predicted octanol–water partition coefficient (Wildman–Crippen LogP) is 3.39. The average molecular weight is 375 g/mol. The van der Waals surface area contributed by atoms with Crippen LogP contribution < -0.4 is 10.6 Å². The summed E-state index contributed by atoms with van der Waals surface area (Å²) < 4.78 is 1.84. The van der Waals surface area contributed by atoms with E-state index in [1.165, 1.54) is 12.8 Å². The van der Waals surface area contributed by atoms with Gasteiger partial charge in [0.15, 0.2) is 0 Å².